The van der Waals surface area contributed by atoms with Crippen LogP contribution < -0.4 is 11.1 Å². The molecule has 4 fully saturated rings. The van der Waals surface area contributed by atoms with Crippen LogP contribution in [0.4, 0.5) is 23.2 Å². The number of hydrogen-bond donors (Lipinski definition) is 3. The van der Waals surface area contributed by atoms with Gasteiger partial charge in [0.15, 0.2) is 5.82 Å². The molecule has 5 nitrogen and oxygen atoms in total. The number of nitrogens with zero attached hydrogens (tertiary/aromatic N) is 2. The van der Waals surface area contributed by atoms with E-state index in [0.29, 0.717) is 28.6 Å². The van der Waals surface area contributed by atoms with Gasteiger partial charge in [-0.05, 0) is 74.2 Å². The van der Waals surface area contributed by atoms with Crippen LogP contribution in [0.3, 0.4) is 0 Å². The van der Waals surface area contributed by atoms with Crippen LogP contribution in [0.2, 0.25) is 5.02 Å². The predicted molar refractivity (Wildman–Crippen MR) is 128 cm³/mol. The summed E-state index contributed by atoms with van der Waals surface area (Å²) in [6, 6.07) is 2.15. The molecule has 3 saturated carbocycles. The Labute approximate surface area is 209 Å². The van der Waals surface area contributed by atoms with Crippen molar-refractivity contribution in [3.8, 4) is 11.3 Å². The molecule has 0 amide bonds. The molecular formula is C26H25ClF4N4O. The fourth-order valence-corrected chi connectivity index (χ4v) is 6.84. The highest BCUT2D eigenvalue weighted by Crippen LogP contribution is 2.61. The van der Waals surface area contributed by atoms with Gasteiger partial charge in [0.2, 0.25) is 0 Å². The van der Waals surface area contributed by atoms with Gasteiger partial charge in [0.05, 0.1) is 28.4 Å². The molecule has 190 valence electrons. The number of aromatic nitrogens is 2. The van der Waals surface area contributed by atoms with E-state index in [1.807, 2.05) is 4.57 Å². The Morgan fingerprint density at radius 1 is 1.14 bits per heavy atom. The van der Waals surface area contributed by atoms with Crippen LogP contribution in [-0.4, -0.2) is 27.7 Å². The third-order valence-corrected chi connectivity index (χ3v) is 8.65. The predicted octanol–water partition coefficient (Wildman–Crippen LogP) is 5.73. The second-order valence-electron chi connectivity index (χ2n) is 10.7. The van der Waals surface area contributed by atoms with Gasteiger partial charge in [-0.2, -0.15) is 13.2 Å². The van der Waals surface area contributed by atoms with E-state index in [2.05, 4.69) is 10.3 Å². The number of pyridine rings is 1. The van der Waals surface area contributed by atoms with Crippen molar-refractivity contribution in [2.75, 3.05) is 18.8 Å². The van der Waals surface area contributed by atoms with Crippen LogP contribution >= 0.6 is 11.6 Å². The molecule has 36 heavy (non-hydrogen) atoms. The number of rotatable bonds is 5. The zero-order valence-electron chi connectivity index (χ0n) is 19.3. The standard InChI is InChI=1S/C26H25ClF4N4O/c27-16-6-11(32)5-13(21(16)26(29,30)31)24-22(28)25-20(23(34-24)10-1-2-10)19(18-14-7-33-8-15(14)18)17(9-36)35(25)12-3-4-12/h5-6,10,12,14-15,18,33,36H,1-4,7-9,32H2/t14-,15+,18?. The van der Waals surface area contributed by atoms with Crippen molar-refractivity contribution in [1.29, 1.82) is 0 Å². The summed E-state index contributed by atoms with van der Waals surface area (Å²) in [5.41, 5.74) is 6.47. The van der Waals surface area contributed by atoms with E-state index in [9.17, 15) is 18.3 Å². The van der Waals surface area contributed by atoms with Gasteiger partial charge in [-0.25, -0.2) is 9.37 Å². The first-order valence-corrected chi connectivity index (χ1v) is 12.8. The molecule has 3 aliphatic carbocycles. The SMILES string of the molecule is Nc1cc(Cl)c(C(F)(F)F)c(-c2nc(C3CC3)c3c(C4[C@H]5CNC[C@@H]45)c(CO)n(C4CC4)c3c2F)c1. The van der Waals surface area contributed by atoms with Crippen LogP contribution in [0, 0.1) is 17.7 Å². The van der Waals surface area contributed by atoms with Crippen LogP contribution in [0.25, 0.3) is 22.2 Å². The van der Waals surface area contributed by atoms with Crippen molar-refractivity contribution in [2.45, 2.75) is 56.3 Å². The zero-order chi connectivity index (χ0) is 25.1. The number of piperidine rings is 1. The molecule has 1 unspecified atom stereocenters. The van der Waals surface area contributed by atoms with Crippen molar-refractivity contribution in [3.05, 3.63) is 45.5 Å². The maximum atomic E-state index is 16.6. The van der Waals surface area contributed by atoms with Gasteiger partial charge in [0.25, 0.3) is 0 Å². The summed E-state index contributed by atoms with van der Waals surface area (Å²) in [4.78, 5) is 4.62. The molecule has 0 spiro atoms. The average molecular weight is 521 g/mol. The van der Waals surface area contributed by atoms with Crippen molar-refractivity contribution in [2.24, 2.45) is 11.8 Å². The summed E-state index contributed by atoms with van der Waals surface area (Å²) in [5, 5.41) is 14.0. The Morgan fingerprint density at radius 2 is 1.83 bits per heavy atom. The summed E-state index contributed by atoms with van der Waals surface area (Å²) >= 11 is 6.01. The number of alkyl halides is 3. The van der Waals surface area contributed by atoms with Crippen molar-refractivity contribution in [1.82, 2.24) is 14.9 Å². The lowest BCUT2D eigenvalue weighted by Gasteiger charge is -2.18. The third kappa shape index (κ3) is 3.25. The largest absolute Gasteiger partial charge is 0.418 e. The molecule has 1 aliphatic heterocycles. The Balaban J connectivity index is 1.57. The molecule has 0 bridgehead atoms. The van der Waals surface area contributed by atoms with Crippen LogP contribution in [0.5, 0.6) is 0 Å². The van der Waals surface area contributed by atoms with Crippen molar-refractivity contribution in [3.63, 3.8) is 0 Å². The quantitative estimate of drug-likeness (QED) is 0.296. The summed E-state index contributed by atoms with van der Waals surface area (Å²) in [6.45, 7) is 1.50. The third-order valence-electron chi connectivity index (χ3n) is 8.35. The molecule has 3 atom stereocenters. The highest BCUT2D eigenvalue weighted by atomic mass is 35.5. The summed E-state index contributed by atoms with van der Waals surface area (Å²) in [7, 11) is 0. The first kappa shape index (κ1) is 22.8. The highest BCUT2D eigenvalue weighted by Gasteiger charge is 2.56. The Hall–Kier alpha value is -2.36. The molecule has 2 aromatic heterocycles. The lowest BCUT2D eigenvalue weighted by molar-refractivity contribution is -0.137. The van der Waals surface area contributed by atoms with E-state index >= 15 is 4.39 Å². The molecule has 4 N–H and O–H groups in total. The minimum atomic E-state index is -4.82. The molecule has 7 rings (SSSR count). The number of aliphatic hydroxyl groups excluding tert-OH is 1. The monoisotopic (exact) mass is 520 g/mol. The second-order valence-corrected chi connectivity index (χ2v) is 11.1. The van der Waals surface area contributed by atoms with E-state index in [1.165, 1.54) is 0 Å². The normalized spacial score (nSPS) is 25.6. The number of halogens is 5. The summed E-state index contributed by atoms with van der Waals surface area (Å²) in [5.74, 6) is 0.293. The Morgan fingerprint density at radius 3 is 2.42 bits per heavy atom. The summed E-state index contributed by atoms with van der Waals surface area (Å²) in [6.07, 6.45) is -1.45. The minimum Gasteiger partial charge on any atom is -0.399 e. The molecule has 3 heterocycles. The van der Waals surface area contributed by atoms with E-state index in [1.54, 1.807) is 0 Å². The molecule has 0 radical (unpaired) electrons. The molecule has 1 saturated heterocycles. The molecule has 4 aliphatic rings. The average Bonchev–Trinajstić information content (AvgIpc) is 3.75. The first-order valence-electron chi connectivity index (χ1n) is 12.4. The topological polar surface area (TPSA) is 76.1 Å². The second kappa shape index (κ2) is 7.58. The number of anilines is 1. The number of benzene rings is 1. The fourth-order valence-electron chi connectivity index (χ4n) is 6.51. The Bertz CT molecular complexity index is 1420. The van der Waals surface area contributed by atoms with E-state index < -0.39 is 28.1 Å². The van der Waals surface area contributed by atoms with Gasteiger partial charge < -0.3 is 20.7 Å². The number of hydrogen-bond acceptors (Lipinski definition) is 4. The molecule has 10 heteroatoms. The smallest absolute Gasteiger partial charge is 0.399 e. The summed E-state index contributed by atoms with van der Waals surface area (Å²) < 4.78 is 60.8. The van der Waals surface area contributed by atoms with E-state index in [4.69, 9.17) is 17.3 Å². The number of nitrogens with two attached hydrogens (primary N) is 1. The van der Waals surface area contributed by atoms with E-state index in [-0.39, 0.29) is 41.4 Å². The lowest BCUT2D eigenvalue weighted by Crippen LogP contribution is -2.15. The minimum absolute atomic E-state index is 0.00452. The highest BCUT2D eigenvalue weighted by molar-refractivity contribution is 6.32. The van der Waals surface area contributed by atoms with Crippen LogP contribution in [0.1, 0.15) is 66.1 Å². The Kier molecular flexibility index (Phi) is 4.80. The van der Waals surface area contributed by atoms with E-state index in [0.717, 1.165) is 56.5 Å². The van der Waals surface area contributed by atoms with Crippen molar-refractivity contribution < 1.29 is 22.7 Å². The van der Waals surface area contributed by atoms with Crippen LogP contribution in [0.15, 0.2) is 12.1 Å². The zero-order valence-corrected chi connectivity index (χ0v) is 20.1. The van der Waals surface area contributed by atoms with Crippen LogP contribution in [-0.2, 0) is 12.8 Å². The molecule has 3 aromatic rings. The van der Waals surface area contributed by atoms with Gasteiger partial charge in [-0.1, -0.05) is 11.6 Å². The number of nitrogen functional groups attached to an aromatic ring is 1. The van der Waals surface area contributed by atoms with Gasteiger partial charge in [-0.15, -0.1) is 0 Å². The van der Waals surface area contributed by atoms with Gasteiger partial charge >= 0.3 is 6.18 Å². The van der Waals surface area contributed by atoms with Gasteiger partial charge in [0.1, 0.15) is 5.69 Å². The first-order chi connectivity index (χ1) is 17.2. The maximum Gasteiger partial charge on any atom is 0.418 e. The van der Waals surface area contributed by atoms with Crippen molar-refractivity contribution >= 4 is 28.2 Å². The molecular weight excluding hydrogens is 496 g/mol. The van der Waals surface area contributed by atoms with Gasteiger partial charge in [0, 0.05) is 34.3 Å². The lowest BCUT2D eigenvalue weighted by atomic mass is 9.97. The maximum absolute atomic E-state index is 16.6. The van der Waals surface area contributed by atoms with Gasteiger partial charge in [-0.3, -0.25) is 0 Å². The number of nitrogens with one attached hydrogen (secondary N) is 1. The molecule has 1 aromatic carbocycles. The number of aliphatic hydroxyl groups is 1. The fraction of sp³-hybridized carbons (Fsp3) is 0.500. The number of fused-ring (bicyclic) bond motifs is 2.